The molecule has 2 aromatic rings. The van der Waals surface area contributed by atoms with E-state index in [0.29, 0.717) is 12.0 Å². The molecule has 0 spiro atoms. The van der Waals surface area contributed by atoms with Crippen molar-refractivity contribution in [3.8, 4) is 0 Å². The lowest BCUT2D eigenvalue weighted by Crippen LogP contribution is -2.26. The molecule has 0 aromatic carbocycles. The topological polar surface area (TPSA) is 57.0 Å². The Hall–Kier alpha value is -2.38. The summed E-state index contributed by atoms with van der Waals surface area (Å²) in [5.41, 5.74) is 0.380. The second kappa shape index (κ2) is 6.17. The van der Waals surface area contributed by atoms with Crippen LogP contribution < -0.4 is 0 Å². The average Bonchev–Trinajstić information content (AvgIpc) is 2.89. The van der Waals surface area contributed by atoms with Gasteiger partial charge in [-0.15, -0.1) is 0 Å². The molecule has 1 atom stereocenters. The van der Waals surface area contributed by atoms with Crippen LogP contribution in [0.5, 0.6) is 0 Å². The minimum absolute atomic E-state index is 0.0793. The van der Waals surface area contributed by atoms with Gasteiger partial charge in [-0.2, -0.15) is 18.3 Å². The second-order valence-electron chi connectivity index (χ2n) is 4.66. The Morgan fingerprint density at radius 1 is 1.41 bits per heavy atom. The molecule has 0 aliphatic carbocycles. The van der Waals surface area contributed by atoms with Crippen LogP contribution in [0.25, 0.3) is 0 Å². The predicted octanol–water partition coefficient (Wildman–Crippen LogP) is 2.84. The van der Waals surface area contributed by atoms with Crippen molar-refractivity contribution in [3.63, 3.8) is 0 Å². The number of alkyl halides is 3. The lowest BCUT2D eigenvalue weighted by atomic mass is 10.1. The summed E-state index contributed by atoms with van der Waals surface area (Å²) in [6.45, 7) is 1.77. The maximum Gasteiger partial charge on any atom is 0.429 e. The molecule has 5 nitrogen and oxygen atoms in total. The molecule has 0 radical (unpaired) electrons. The van der Waals surface area contributed by atoms with E-state index >= 15 is 0 Å². The van der Waals surface area contributed by atoms with E-state index in [1.807, 2.05) is 0 Å². The molecule has 0 aliphatic rings. The van der Waals surface area contributed by atoms with Gasteiger partial charge in [-0.3, -0.25) is 9.67 Å². The molecule has 2 rings (SSSR count). The van der Waals surface area contributed by atoms with E-state index < -0.39 is 18.2 Å². The normalized spacial score (nSPS) is 13.0. The van der Waals surface area contributed by atoms with Crippen LogP contribution in [-0.2, 0) is 18.2 Å². The summed E-state index contributed by atoms with van der Waals surface area (Å²) in [6, 6.07) is 1.35. The van der Waals surface area contributed by atoms with Gasteiger partial charge in [0.2, 0.25) is 6.10 Å². The molecule has 0 fully saturated rings. The highest BCUT2D eigenvalue weighted by atomic mass is 19.4. The smallest absolute Gasteiger partial charge is 0.429 e. The molecule has 0 aliphatic heterocycles. The number of ether oxygens (including phenoxy) is 1. The molecule has 0 N–H and O–H groups in total. The number of aryl methyl sites for hydroxylation is 2. The average molecular weight is 313 g/mol. The van der Waals surface area contributed by atoms with Crippen LogP contribution in [0.3, 0.4) is 0 Å². The molecule has 0 saturated heterocycles. The number of hydrogen-bond donors (Lipinski definition) is 0. The van der Waals surface area contributed by atoms with Gasteiger partial charge < -0.3 is 4.74 Å². The molecule has 8 heteroatoms. The Bertz CT molecular complexity index is 667. The maximum absolute atomic E-state index is 13.1. The number of rotatable bonds is 4. The first-order valence-corrected chi connectivity index (χ1v) is 6.52. The summed E-state index contributed by atoms with van der Waals surface area (Å²) in [7, 11) is 1.48. The van der Waals surface area contributed by atoms with Gasteiger partial charge in [-0.25, -0.2) is 4.79 Å². The summed E-state index contributed by atoms with van der Waals surface area (Å²) < 4.78 is 45.4. The van der Waals surface area contributed by atoms with Crippen molar-refractivity contribution in [2.24, 2.45) is 7.05 Å². The molecule has 118 valence electrons. The lowest BCUT2D eigenvalue weighted by Gasteiger charge is -2.20. The third-order valence-corrected chi connectivity index (χ3v) is 3.05. The van der Waals surface area contributed by atoms with Gasteiger partial charge in [0.1, 0.15) is 0 Å². The van der Waals surface area contributed by atoms with E-state index in [4.69, 9.17) is 4.74 Å². The molecule has 2 heterocycles. The van der Waals surface area contributed by atoms with Crippen molar-refractivity contribution in [2.75, 3.05) is 0 Å². The molecule has 0 amide bonds. The van der Waals surface area contributed by atoms with Crippen LogP contribution in [-0.4, -0.2) is 26.9 Å². The summed E-state index contributed by atoms with van der Waals surface area (Å²) in [5, 5.41) is 3.68. The van der Waals surface area contributed by atoms with Gasteiger partial charge in [-0.05, 0) is 18.1 Å². The number of halogens is 3. The zero-order chi connectivity index (χ0) is 16.3. The van der Waals surface area contributed by atoms with E-state index in [2.05, 4.69) is 10.1 Å². The molecular weight excluding hydrogens is 299 g/mol. The molecular formula is C14H14F3N3O2. The fourth-order valence-corrected chi connectivity index (χ4v) is 1.98. The van der Waals surface area contributed by atoms with Crippen molar-refractivity contribution >= 4 is 5.97 Å². The highest BCUT2D eigenvalue weighted by Gasteiger charge is 2.45. The standard InChI is InChI=1S/C14H14F3N3O2/c1-3-9-6-18-5-4-11(9)13(21)22-12(14(15,16)17)10-7-19-20(2)8-10/h4-8,12H,3H2,1-2H3/t12-/m0/s1. The number of pyridine rings is 1. The number of carbonyl (C=O) groups is 1. The van der Waals surface area contributed by atoms with Gasteiger partial charge in [0.05, 0.1) is 11.8 Å². The number of hydrogen-bond acceptors (Lipinski definition) is 4. The van der Waals surface area contributed by atoms with Crippen LogP contribution in [0.2, 0.25) is 0 Å². The van der Waals surface area contributed by atoms with Gasteiger partial charge >= 0.3 is 12.1 Å². The Balaban J connectivity index is 2.29. The first-order chi connectivity index (χ1) is 10.3. The highest BCUT2D eigenvalue weighted by Crippen LogP contribution is 2.36. The van der Waals surface area contributed by atoms with Crippen LogP contribution in [0.1, 0.15) is 34.5 Å². The molecule has 0 bridgehead atoms. The lowest BCUT2D eigenvalue weighted by molar-refractivity contribution is -0.207. The van der Waals surface area contributed by atoms with E-state index in [1.54, 1.807) is 6.92 Å². The Labute approximate surface area is 124 Å². The Kier molecular flexibility index (Phi) is 4.48. The zero-order valence-corrected chi connectivity index (χ0v) is 12.0. The van der Waals surface area contributed by atoms with E-state index in [-0.39, 0.29) is 11.1 Å². The number of nitrogens with zero attached hydrogens (tertiary/aromatic N) is 3. The number of esters is 1. The molecule has 22 heavy (non-hydrogen) atoms. The van der Waals surface area contributed by atoms with Gasteiger partial charge in [-0.1, -0.05) is 6.92 Å². The molecule has 0 saturated carbocycles. The largest absolute Gasteiger partial charge is 0.444 e. The van der Waals surface area contributed by atoms with Crippen molar-refractivity contribution in [2.45, 2.75) is 25.6 Å². The van der Waals surface area contributed by atoms with Crippen molar-refractivity contribution in [1.29, 1.82) is 0 Å². The monoisotopic (exact) mass is 313 g/mol. The van der Waals surface area contributed by atoms with Crippen LogP contribution in [0.4, 0.5) is 13.2 Å². The zero-order valence-electron chi connectivity index (χ0n) is 12.0. The van der Waals surface area contributed by atoms with Gasteiger partial charge in [0.15, 0.2) is 0 Å². The molecule has 2 aromatic heterocycles. The van der Waals surface area contributed by atoms with Crippen molar-refractivity contribution < 1.29 is 22.7 Å². The number of aromatic nitrogens is 3. The number of carbonyl (C=O) groups excluding carboxylic acids is 1. The third-order valence-electron chi connectivity index (χ3n) is 3.05. The Morgan fingerprint density at radius 3 is 2.68 bits per heavy atom. The van der Waals surface area contributed by atoms with Gasteiger partial charge in [0.25, 0.3) is 0 Å². The first kappa shape index (κ1) is 16.0. The van der Waals surface area contributed by atoms with E-state index in [9.17, 15) is 18.0 Å². The SMILES string of the molecule is CCc1cnccc1C(=O)O[C@@H](c1cnn(C)c1)C(F)(F)F. The maximum atomic E-state index is 13.1. The Morgan fingerprint density at radius 2 is 2.14 bits per heavy atom. The second-order valence-corrected chi connectivity index (χ2v) is 4.66. The van der Waals surface area contributed by atoms with Crippen molar-refractivity contribution in [3.05, 3.63) is 47.5 Å². The summed E-state index contributed by atoms with van der Waals surface area (Å²) >= 11 is 0. The minimum Gasteiger partial charge on any atom is -0.444 e. The van der Waals surface area contributed by atoms with Crippen LogP contribution >= 0.6 is 0 Å². The summed E-state index contributed by atoms with van der Waals surface area (Å²) in [6.07, 6.45) is -1.66. The fraction of sp³-hybridized carbons (Fsp3) is 0.357. The quantitative estimate of drug-likeness (QED) is 0.815. The first-order valence-electron chi connectivity index (χ1n) is 6.52. The third kappa shape index (κ3) is 3.44. The highest BCUT2D eigenvalue weighted by molar-refractivity contribution is 5.91. The fourth-order valence-electron chi connectivity index (χ4n) is 1.98. The van der Waals surface area contributed by atoms with Crippen LogP contribution in [0, 0.1) is 0 Å². The summed E-state index contributed by atoms with van der Waals surface area (Å²) in [4.78, 5) is 15.9. The van der Waals surface area contributed by atoms with Crippen molar-refractivity contribution in [1.82, 2.24) is 14.8 Å². The van der Waals surface area contributed by atoms with Gasteiger partial charge in [0, 0.05) is 31.2 Å². The van der Waals surface area contributed by atoms with E-state index in [1.165, 1.54) is 36.4 Å². The molecule has 0 unspecified atom stereocenters. The van der Waals surface area contributed by atoms with E-state index in [0.717, 1.165) is 6.20 Å². The summed E-state index contributed by atoms with van der Waals surface area (Å²) in [5.74, 6) is -1.04. The predicted molar refractivity (Wildman–Crippen MR) is 71.0 cm³/mol. The minimum atomic E-state index is -4.72. The van der Waals surface area contributed by atoms with Crippen LogP contribution in [0.15, 0.2) is 30.9 Å².